The molecule has 1 nitrogen and oxygen atoms in total. The highest BCUT2D eigenvalue weighted by Gasteiger charge is 1.91. The van der Waals surface area contributed by atoms with Crippen molar-refractivity contribution < 1.29 is 4.74 Å². The Balaban J connectivity index is 2.75. The van der Waals surface area contributed by atoms with Crippen molar-refractivity contribution in [3.8, 4) is 0 Å². The lowest BCUT2D eigenvalue weighted by Gasteiger charge is -2.04. The van der Waals surface area contributed by atoms with Crippen molar-refractivity contribution >= 4 is 0 Å². The quantitative estimate of drug-likeness (QED) is 0.517. The molecule has 0 N–H and O–H groups in total. The van der Waals surface area contributed by atoms with Gasteiger partial charge in [0.1, 0.15) is 0 Å². The van der Waals surface area contributed by atoms with Gasteiger partial charge in [0.15, 0.2) is 0 Å². The topological polar surface area (TPSA) is 9.23 Å². The molecule has 0 spiro atoms. The maximum Gasteiger partial charge on any atom is 0.0840 e. The smallest absolute Gasteiger partial charge is 0.0840 e. The van der Waals surface area contributed by atoms with Crippen LogP contribution in [0.15, 0.2) is 0 Å². The number of hydrogen-bond acceptors (Lipinski definition) is 1. The van der Waals surface area contributed by atoms with Gasteiger partial charge in [-0.2, -0.15) is 0 Å². The van der Waals surface area contributed by atoms with Crippen LogP contribution < -0.4 is 0 Å². The summed E-state index contributed by atoms with van der Waals surface area (Å²) in [6.45, 7) is 9.65. The van der Waals surface area contributed by atoms with E-state index in [0.717, 1.165) is 19.3 Å². The Kier molecular flexibility index (Phi) is 6.06. The first-order valence-electron chi connectivity index (χ1n) is 3.53. The molecule has 0 aliphatic carbocycles. The van der Waals surface area contributed by atoms with E-state index in [2.05, 4.69) is 6.92 Å². The molecule has 0 heterocycles. The fraction of sp³-hybridized carbons (Fsp3) is 0.750. The van der Waals surface area contributed by atoms with E-state index >= 15 is 0 Å². The van der Waals surface area contributed by atoms with Crippen LogP contribution in [0.1, 0.15) is 33.1 Å². The van der Waals surface area contributed by atoms with Crippen molar-refractivity contribution in [3.63, 3.8) is 0 Å². The molecular weight excluding hydrogens is 112 g/mol. The lowest BCUT2D eigenvalue weighted by Crippen LogP contribution is -1.98. The van der Waals surface area contributed by atoms with Crippen LogP contribution in [0, 0.1) is 13.5 Å². The SMILES string of the molecule is [CH2]CCC[CH]OC(C)C. The van der Waals surface area contributed by atoms with E-state index in [1.165, 1.54) is 0 Å². The Labute approximate surface area is 58.4 Å². The van der Waals surface area contributed by atoms with Crippen LogP contribution in [0.2, 0.25) is 0 Å². The number of rotatable bonds is 5. The highest BCUT2D eigenvalue weighted by molar-refractivity contribution is 4.53. The second-order valence-corrected chi connectivity index (χ2v) is 2.35. The van der Waals surface area contributed by atoms with Gasteiger partial charge in [-0.25, -0.2) is 0 Å². The largest absolute Gasteiger partial charge is 0.373 e. The maximum atomic E-state index is 5.19. The molecule has 0 amide bonds. The van der Waals surface area contributed by atoms with Crippen molar-refractivity contribution in [2.45, 2.75) is 39.2 Å². The average Bonchev–Trinajstić information content (AvgIpc) is 1.80. The van der Waals surface area contributed by atoms with Gasteiger partial charge in [0.25, 0.3) is 0 Å². The molecule has 0 atom stereocenters. The van der Waals surface area contributed by atoms with Crippen molar-refractivity contribution in [2.75, 3.05) is 0 Å². The molecule has 0 saturated carbocycles. The van der Waals surface area contributed by atoms with E-state index in [0.29, 0.717) is 6.10 Å². The Morgan fingerprint density at radius 3 is 2.67 bits per heavy atom. The average molecular weight is 128 g/mol. The van der Waals surface area contributed by atoms with Crippen LogP contribution in [0.4, 0.5) is 0 Å². The Morgan fingerprint density at radius 1 is 1.56 bits per heavy atom. The van der Waals surface area contributed by atoms with Crippen molar-refractivity contribution in [3.05, 3.63) is 13.5 Å². The maximum absolute atomic E-state index is 5.19. The molecule has 0 fully saturated rings. The third kappa shape index (κ3) is 7.96. The summed E-state index contributed by atoms with van der Waals surface area (Å²) in [5.74, 6) is 0. The normalized spacial score (nSPS) is 10.7. The van der Waals surface area contributed by atoms with Gasteiger partial charge in [0.05, 0.1) is 12.7 Å². The van der Waals surface area contributed by atoms with Gasteiger partial charge in [-0.3, -0.25) is 0 Å². The van der Waals surface area contributed by atoms with Crippen molar-refractivity contribution in [1.82, 2.24) is 0 Å². The first kappa shape index (κ1) is 8.96. The van der Waals surface area contributed by atoms with Crippen LogP contribution >= 0.6 is 0 Å². The molecule has 2 radical (unpaired) electrons. The molecule has 0 rings (SSSR count). The summed E-state index contributed by atoms with van der Waals surface area (Å²) in [5, 5.41) is 0. The van der Waals surface area contributed by atoms with E-state index in [-0.39, 0.29) is 0 Å². The number of unbranched alkanes of at least 4 members (excludes halogenated alkanes) is 2. The van der Waals surface area contributed by atoms with E-state index in [1.54, 1.807) is 0 Å². The third-order valence-corrected chi connectivity index (χ3v) is 0.940. The minimum Gasteiger partial charge on any atom is -0.373 e. The fourth-order valence-electron chi connectivity index (χ4n) is 0.488. The van der Waals surface area contributed by atoms with Gasteiger partial charge < -0.3 is 4.74 Å². The molecule has 0 aliphatic heterocycles. The van der Waals surface area contributed by atoms with Crippen LogP contribution in [0.3, 0.4) is 0 Å². The highest BCUT2D eigenvalue weighted by Crippen LogP contribution is 2.00. The fourth-order valence-corrected chi connectivity index (χ4v) is 0.488. The lowest BCUT2D eigenvalue weighted by atomic mass is 10.3. The van der Waals surface area contributed by atoms with Crippen LogP contribution in [-0.4, -0.2) is 6.10 Å². The molecule has 0 aliphatic rings. The van der Waals surface area contributed by atoms with Gasteiger partial charge >= 0.3 is 0 Å². The molecule has 1 heteroatoms. The van der Waals surface area contributed by atoms with Crippen molar-refractivity contribution in [1.29, 1.82) is 0 Å². The standard InChI is InChI=1S/C8H16O/c1-4-5-6-7-9-8(2)3/h7-8H,1,4-6H2,2-3H3. The predicted molar refractivity (Wildman–Crippen MR) is 39.7 cm³/mol. The summed E-state index contributed by atoms with van der Waals surface area (Å²) in [4.78, 5) is 0. The van der Waals surface area contributed by atoms with Crippen LogP contribution in [-0.2, 0) is 4.74 Å². The van der Waals surface area contributed by atoms with E-state index in [1.807, 2.05) is 20.5 Å². The van der Waals surface area contributed by atoms with Gasteiger partial charge in [0.2, 0.25) is 0 Å². The second-order valence-electron chi connectivity index (χ2n) is 2.35. The minimum atomic E-state index is 0.329. The molecule has 0 aromatic rings. The van der Waals surface area contributed by atoms with Gasteiger partial charge in [-0.05, 0) is 20.3 Å². The Bertz CT molecular complexity index is 50.5. The summed E-state index contributed by atoms with van der Waals surface area (Å²) in [5.41, 5.74) is 0. The minimum absolute atomic E-state index is 0.329. The molecule has 0 aromatic carbocycles. The summed E-state index contributed by atoms with van der Waals surface area (Å²) in [6, 6.07) is 0. The zero-order chi connectivity index (χ0) is 7.11. The Hall–Kier alpha value is -0.0400. The van der Waals surface area contributed by atoms with E-state index in [4.69, 9.17) is 4.74 Å². The predicted octanol–water partition coefficient (Wildman–Crippen LogP) is 2.58. The molecule has 0 saturated heterocycles. The number of hydrogen-bond donors (Lipinski definition) is 0. The summed E-state index contributed by atoms with van der Waals surface area (Å²) in [6.07, 6.45) is 3.49. The van der Waals surface area contributed by atoms with Crippen LogP contribution in [0.25, 0.3) is 0 Å². The zero-order valence-electron chi connectivity index (χ0n) is 6.39. The summed E-state index contributed by atoms with van der Waals surface area (Å²) in [7, 11) is 0. The molecule has 54 valence electrons. The van der Waals surface area contributed by atoms with Gasteiger partial charge in [-0.1, -0.05) is 19.8 Å². The molecule has 0 unspecified atom stereocenters. The van der Waals surface area contributed by atoms with E-state index < -0.39 is 0 Å². The first-order chi connectivity index (χ1) is 4.27. The molecule has 9 heavy (non-hydrogen) atoms. The van der Waals surface area contributed by atoms with Gasteiger partial charge in [-0.15, -0.1) is 0 Å². The lowest BCUT2D eigenvalue weighted by molar-refractivity contribution is 0.129. The first-order valence-corrected chi connectivity index (χ1v) is 3.53. The molecule has 0 bridgehead atoms. The van der Waals surface area contributed by atoms with Crippen molar-refractivity contribution in [2.24, 2.45) is 0 Å². The summed E-state index contributed by atoms with van der Waals surface area (Å²) < 4.78 is 5.19. The van der Waals surface area contributed by atoms with Gasteiger partial charge in [0, 0.05) is 0 Å². The van der Waals surface area contributed by atoms with E-state index in [9.17, 15) is 0 Å². The van der Waals surface area contributed by atoms with Crippen LogP contribution in [0.5, 0.6) is 0 Å². The Morgan fingerprint density at radius 2 is 2.22 bits per heavy atom. The zero-order valence-corrected chi connectivity index (χ0v) is 6.39. The summed E-state index contributed by atoms with van der Waals surface area (Å²) >= 11 is 0. The number of ether oxygens (including phenoxy) is 1. The third-order valence-electron chi connectivity index (χ3n) is 0.940. The second kappa shape index (κ2) is 6.09. The molecule has 0 aromatic heterocycles. The molecular formula is C8H16O. The monoisotopic (exact) mass is 128 g/mol. The highest BCUT2D eigenvalue weighted by atomic mass is 16.5.